The van der Waals surface area contributed by atoms with Crippen LogP contribution in [0.15, 0.2) is 22.4 Å². The second-order valence-corrected chi connectivity index (χ2v) is 6.22. The monoisotopic (exact) mass is 298 g/mol. The van der Waals surface area contributed by atoms with Crippen molar-refractivity contribution in [1.82, 2.24) is 4.90 Å². The third-order valence-electron chi connectivity index (χ3n) is 2.37. The molecule has 1 saturated heterocycles. The molecule has 1 aliphatic rings. The third kappa shape index (κ3) is 2.47. The van der Waals surface area contributed by atoms with Gasteiger partial charge in [0.1, 0.15) is 4.32 Å². The summed E-state index contributed by atoms with van der Waals surface area (Å²) in [7, 11) is 0. The number of hydrogen-bond acceptors (Lipinski definition) is 6. The highest BCUT2D eigenvalue weighted by molar-refractivity contribution is 8.26. The van der Waals surface area contributed by atoms with Gasteiger partial charge in [0.05, 0.1) is 16.9 Å². The molecule has 1 amide bonds. The van der Waals surface area contributed by atoms with E-state index in [4.69, 9.17) is 12.2 Å². The molecule has 4 nitrogen and oxygen atoms in total. The number of carboxylic acids is 1. The van der Waals surface area contributed by atoms with Gasteiger partial charge in [0, 0.05) is 4.88 Å². The van der Waals surface area contributed by atoms with E-state index < -0.39 is 12.0 Å². The maximum Gasteiger partial charge on any atom is 0.266 e. The molecule has 1 aromatic heterocycles. The van der Waals surface area contributed by atoms with Crippen molar-refractivity contribution in [2.45, 2.75) is 13.0 Å². The lowest BCUT2D eigenvalue weighted by atomic mass is 10.3. The highest BCUT2D eigenvalue weighted by Gasteiger charge is 2.35. The van der Waals surface area contributed by atoms with Crippen molar-refractivity contribution in [3.63, 3.8) is 0 Å². The number of hydrogen-bond donors (Lipinski definition) is 0. The van der Waals surface area contributed by atoms with Crippen LogP contribution in [0, 0.1) is 0 Å². The lowest BCUT2D eigenvalue weighted by molar-refractivity contribution is -0.309. The summed E-state index contributed by atoms with van der Waals surface area (Å²) in [6.07, 6.45) is 1.71. The Morgan fingerprint density at radius 2 is 2.33 bits per heavy atom. The normalized spacial score (nSPS) is 19.6. The fraction of sp³-hybridized carbons (Fsp3) is 0.182. The summed E-state index contributed by atoms with van der Waals surface area (Å²) in [6.45, 7) is 1.38. The second-order valence-electron chi connectivity index (χ2n) is 3.56. The first-order valence-corrected chi connectivity index (χ1v) is 7.12. The van der Waals surface area contributed by atoms with Gasteiger partial charge in [0.2, 0.25) is 0 Å². The average molecular weight is 298 g/mol. The number of thiophene rings is 1. The summed E-state index contributed by atoms with van der Waals surface area (Å²) < 4.78 is 0.250. The Morgan fingerprint density at radius 3 is 2.89 bits per heavy atom. The number of aliphatic carboxylic acids is 1. The number of carbonyl (C=O) groups is 2. The van der Waals surface area contributed by atoms with Gasteiger partial charge in [-0.1, -0.05) is 30.0 Å². The van der Waals surface area contributed by atoms with Crippen LogP contribution in [-0.4, -0.2) is 27.1 Å². The van der Waals surface area contributed by atoms with E-state index in [1.54, 1.807) is 6.08 Å². The summed E-state index contributed by atoms with van der Waals surface area (Å²) in [5.74, 6) is -1.70. The molecule has 0 saturated carbocycles. The minimum atomic E-state index is -1.32. The van der Waals surface area contributed by atoms with Crippen LogP contribution in [0.4, 0.5) is 0 Å². The van der Waals surface area contributed by atoms with Crippen molar-refractivity contribution < 1.29 is 14.7 Å². The lowest BCUT2D eigenvalue weighted by Crippen LogP contribution is -2.48. The Kier molecular flexibility index (Phi) is 3.84. The molecule has 2 heterocycles. The first kappa shape index (κ1) is 13.3. The van der Waals surface area contributed by atoms with Crippen LogP contribution >= 0.6 is 35.3 Å². The van der Waals surface area contributed by atoms with E-state index in [2.05, 4.69) is 0 Å². The van der Waals surface area contributed by atoms with Crippen molar-refractivity contribution in [3.8, 4) is 0 Å². The molecule has 1 aromatic rings. The number of thioether (sulfide) groups is 1. The SMILES string of the molecule is C[C@@H](C(=O)[O-])N1C(=O)/C(=C/c2cccs2)SC1=S. The van der Waals surface area contributed by atoms with E-state index >= 15 is 0 Å². The zero-order valence-corrected chi connectivity index (χ0v) is 11.7. The maximum absolute atomic E-state index is 12.1. The van der Waals surface area contributed by atoms with E-state index in [-0.39, 0.29) is 10.2 Å². The molecule has 0 unspecified atom stereocenters. The molecule has 1 atom stereocenters. The van der Waals surface area contributed by atoms with Crippen molar-refractivity contribution >= 4 is 57.6 Å². The Morgan fingerprint density at radius 1 is 1.61 bits per heavy atom. The highest BCUT2D eigenvalue weighted by atomic mass is 32.2. The van der Waals surface area contributed by atoms with Crippen molar-refractivity contribution in [3.05, 3.63) is 27.3 Å². The van der Waals surface area contributed by atoms with Crippen LogP contribution in [0.5, 0.6) is 0 Å². The van der Waals surface area contributed by atoms with Crippen LogP contribution in [0.25, 0.3) is 6.08 Å². The summed E-state index contributed by atoms with van der Waals surface area (Å²) in [5.41, 5.74) is 0. The quantitative estimate of drug-likeness (QED) is 0.617. The summed E-state index contributed by atoms with van der Waals surface area (Å²) >= 11 is 7.63. The van der Waals surface area contributed by atoms with Gasteiger partial charge in [-0.05, 0) is 24.4 Å². The maximum atomic E-state index is 12.1. The largest absolute Gasteiger partial charge is 0.548 e. The summed E-state index contributed by atoms with van der Waals surface area (Å²) in [4.78, 5) is 25.3. The van der Waals surface area contributed by atoms with Crippen molar-refractivity contribution in [2.24, 2.45) is 0 Å². The number of carbonyl (C=O) groups excluding carboxylic acids is 2. The van der Waals surface area contributed by atoms with Gasteiger partial charge in [-0.2, -0.15) is 0 Å². The Balaban J connectivity index is 2.27. The fourth-order valence-corrected chi connectivity index (χ4v) is 3.56. The summed E-state index contributed by atoms with van der Waals surface area (Å²) in [6, 6.07) is 2.70. The van der Waals surface area contributed by atoms with Crippen molar-refractivity contribution in [1.29, 1.82) is 0 Å². The smallest absolute Gasteiger partial charge is 0.266 e. The van der Waals surface area contributed by atoms with Gasteiger partial charge in [-0.15, -0.1) is 11.3 Å². The summed E-state index contributed by atoms with van der Waals surface area (Å²) in [5, 5.41) is 12.7. The minimum Gasteiger partial charge on any atom is -0.548 e. The number of amides is 1. The Hall–Kier alpha value is -1.18. The molecule has 18 heavy (non-hydrogen) atoms. The number of carboxylic acid groups (broad SMARTS) is 1. The minimum absolute atomic E-state index is 0.250. The van der Waals surface area contributed by atoms with E-state index in [0.717, 1.165) is 21.5 Å². The van der Waals surface area contributed by atoms with Crippen LogP contribution in [0.2, 0.25) is 0 Å². The molecule has 0 aliphatic carbocycles. The first-order chi connectivity index (χ1) is 8.50. The number of rotatable bonds is 3. The molecule has 7 heteroatoms. The number of nitrogens with zero attached hydrogens (tertiary/aromatic N) is 1. The van der Waals surface area contributed by atoms with Gasteiger partial charge in [-0.3, -0.25) is 9.69 Å². The zero-order chi connectivity index (χ0) is 13.3. The van der Waals surface area contributed by atoms with Crippen LogP contribution < -0.4 is 5.11 Å². The molecule has 0 aromatic carbocycles. The van der Waals surface area contributed by atoms with Gasteiger partial charge >= 0.3 is 0 Å². The van der Waals surface area contributed by atoms with E-state index in [9.17, 15) is 14.7 Å². The van der Waals surface area contributed by atoms with Gasteiger partial charge in [-0.25, -0.2) is 0 Å². The predicted octanol–water partition coefficient (Wildman–Crippen LogP) is 1.09. The molecule has 1 aliphatic heterocycles. The third-order valence-corrected chi connectivity index (χ3v) is 4.52. The van der Waals surface area contributed by atoms with Gasteiger partial charge in [0.15, 0.2) is 0 Å². The molecular formula is C11H8NO3S3-. The lowest BCUT2D eigenvalue weighted by Gasteiger charge is -2.23. The molecule has 1 fully saturated rings. The predicted molar refractivity (Wildman–Crippen MR) is 73.8 cm³/mol. The number of thiocarbonyl (C=S) groups is 1. The zero-order valence-electron chi connectivity index (χ0n) is 9.28. The molecule has 0 spiro atoms. The highest BCUT2D eigenvalue weighted by Crippen LogP contribution is 2.34. The fourth-order valence-electron chi connectivity index (χ4n) is 1.42. The van der Waals surface area contributed by atoms with Gasteiger partial charge in [0.25, 0.3) is 5.91 Å². The van der Waals surface area contributed by atoms with Crippen molar-refractivity contribution in [2.75, 3.05) is 0 Å². The molecular weight excluding hydrogens is 290 g/mol. The van der Waals surface area contributed by atoms with E-state index in [1.165, 1.54) is 18.3 Å². The van der Waals surface area contributed by atoms with Crippen LogP contribution in [0.1, 0.15) is 11.8 Å². The van der Waals surface area contributed by atoms with Crippen LogP contribution in [0.3, 0.4) is 0 Å². The molecule has 0 N–H and O–H groups in total. The molecule has 2 rings (SSSR count). The standard InChI is InChI=1S/C11H9NO3S3/c1-6(10(14)15)12-9(13)8(18-11(12)16)5-7-3-2-4-17-7/h2-6H,1H3,(H,14,15)/p-1/b8-5-/t6-/m0/s1. The van der Waals surface area contributed by atoms with Crippen LogP contribution in [-0.2, 0) is 9.59 Å². The molecule has 94 valence electrons. The Bertz CT molecular complexity index is 536. The average Bonchev–Trinajstić information content (AvgIpc) is 2.88. The van der Waals surface area contributed by atoms with Gasteiger partial charge < -0.3 is 9.90 Å². The molecule has 0 radical (unpaired) electrons. The Labute approximate surface area is 117 Å². The topological polar surface area (TPSA) is 60.4 Å². The second kappa shape index (κ2) is 5.21. The van der Waals surface area contributed by atoms with E-state index in [1.807, 2.05) is 17.5 Å². The molecule has 0 bridgehead atoms. The first-order valence-electron chi connectivity index (χ1n) is 5.02. The van der Waals surface area contributed by atoms with E-state index in [0.29, 0.717) is 4.91 Å².